The Morgan fingerprint density at radius 3 is 2.59 bits per heavy atom. The number of hydrogen-bond acceptors (Lipinski definition) is 9. The van der Waals surface area contributed by atoms with Crippen LogP contribution in [0.25, 0.3) is 0 Å². The molecule has 2 amide bonds. The van der Waals surface area contributed by atoms with Gasteiger partial charge in [-0.15, -0.1) is 0 Å². The van der Waals surface area contributed by atoms with Crippen molar-refractivity contribution in [1.82, 2.24) is 20.9 Å². The van der Waals surface area contributed by atoms with E-state index >= 15 is 0 Å². The zero-order valence-corrected chi connectivity index (χ0v) is 19.4. The predicted octanol–water partition coefficient (Wildman–Crippen LogP) is 2.16. The van der Waals surface area contributed by atoms with E-state index in [9.17, 15) is 9.59 Å². The molecule has 0 aliphatic heterocycles. The van der Waals surface area contributed by atoms with E-state index in [4.69, 9.17) is 26.8 Å². The number of ether oxygens (including phenoxy) is 2. The molecule has 12 heteroatoms. The van der Waals surface area contributed by atoms with E-state index in [0.29, 0.717) is 36.1 Å². The van der Waals surface area contributed by atoms with Gasteiger partial charge in [0.05, 0.1) is 12.1 Å². The lowest BCUT2D eigenvalue weighted by atomic mass is 10.2. The van der Waals surface area contributed by atoms with Crippen LogP contribution in [0.5, 0.6) is 11.5 Å². The molecule has 180 valence electrons. The molecule has 0 unspecified atom stereocenters. The number of carbonyl (C=O) groups is 2. The maximum absolute atomic E-state index is 12.2. The molecule has 1 heterocycles. The van der Waals surface area contributed by atoms with E-state index in [1.165, 1.54) is 7.11 Å². The van der Waals surface area contributed by atoms with Crippen LogP contribution in [0.15, 0.2) is 41.0 Å². The average Bonchev–Trinajstić information content (AvgIpc) is 3.25. The van der Waals surface area contributed by atoms with Gasteiger partial charge in [-0.05, 0) is 47.1 Å². The van der Waals surface area contributed by atoms with E-state index < -0.39 is 5.91 Å². The van der Waals surface area contributed by atoms with Gasteiger partial charge in [-0.25, -0.2) is 4.63 Å². The highest BCUT2D eigenvalue weighted by Gasteiger charge is 2.16. The fourth-order valence-electron chi connectivity index (χ4n) is 2.92. The van der Waals surface area contributed by atoms with E-state index in [-0.39, 0.29) is 29.8 Å². The molecule has 0 radical (unpaired) electrons. The molecule has 3 rings (SSSR count). The van der Waals surface area contributed by atoms with Gasteiger partial charge in [0.25, 0.3) is 11.8 Å². The smallest absolute Gasteiger partial charge is 0.277 e. The number of aryl methyl sites for hydroxylation is 1. The highest BCUT2D eigenvalue weighted by Crippen LogP contribution is 2.36. The van der Waals surface area contributed by atoms with Crippen molar-refractivity contribution in [2.75, 3.05) is 37.9 Å². The third-order valence-corrected chi connectivity index (χ3v) is 4.90. The quantitative estimate of drug-likeness (QED) is 0.297. The lowest BCUT2D eigenvalue weighted by Gasteiger charge is -2.15. The first-order chi connectivity index (χ1) is 16.4. The normalized spacial score (nSPS) is 10.6. The summed E-state index contributed by atoms with van der Waals surface area (Å²) in [7, 11) is 1.49. The summed E-state index contributed by atoms with van der Waals surface area (Å²) in [5.74, 6) is -0.189. The Morgan fingerprint density at radius 2 is 1.91 bits per heavy atom. The molecular weight excluding hydrogens is 464 g/mol. The van der Waals surface area contributed by atoms with E-state index in [1.54, 1.807) is 12.1 Å². The molecule has 5 N–H and O–H groups in total. The molecule has 0 spiro atoms. The lowest BCUT2D eigenvalue weighted by molar-refractivity contribution is -0.118. The standard InChI is InChI=1S/C22H25ClN6O5/c1-13-3-5-15(6-4-13)27-18(30)12-33-20-16(23)9-14(10-17(20)32-2)11-25-7-8-26-22(31)19-21(24)29-34-28-19/h3-6,9-10,25H,7-8,11-12H2,1-2H3,(H2,24,29)(H,26,31)(H,27,30). The number of carbonyl (C=O) groups excluding carboxylic acids is 2. The average molecular weight is 489 g/mol. The van der Waals surface area contributed by atoms with Gasteiger partial charge < -0.3 is 31.2 Å². The third kappa shape index (κ3) is 6.83. The Labute approximate surface area is 200 Å². The first-order valence-corrected chi connectivity index (χ1v) is 10.7. The van der Waals surface area contributed by atoms with Crippen molar-refractivity contribution in [3.63, 3.8) is 0 Å². The van der Waals surface area contributed by atoms with Crippen LogP contribution < -0.4 is 31.2 Å². The van der Waals surface area contributed by atoms with Crippen LogP contribution in [0.3, 0.4) is 0 Å². The summed E-state index contributed by atoms with van der Waals surface area (Å²) in [6.45, 7) is 2.98. The van der Waals surface area contributed by atoms with Crippen LogP contribution in [-0.4, -0.2) is 48.9 Å². The molecule has 34 heavy (non-hydrogen) atoms. The zero-order valence-electron chi connectivity index (χ0n) is 18.7. The second-order valence-corrected chi connectivity index (χ2v) is 7.65. The highest BCUT2D eigenvalue weighted by atomic mass is 35.5. The third-order valence-electron chi connectivity index (χ3n) is 4.62. The summed E-state index contributed by atoms with van der Waals surface area (Å²) in [6, 6.07) is 10.9. The molecular formula is C22H25ClN6O5. The predicted molar refractivity (Wildman–Crippen MR) is 126 cm³/mol. The van der Waals surface area contributed by atoms with Gasteiger partial charge >= 0.3 is 0 Å². The summed E-state index contributed by atoms with van der Waals surface area (Å²) in [5, 5.41) is 15.7. The minimum absolute atomic E-state index is 0.0559. The van der Waals surface area contributed by atoms with Crippen molar-refractivity contribution in [3.05, 3.63) is 58.2 Å². The number of hydrogen-bond donors (Lipinski definition) is 4. The number of nitrogen functional groups attached to an aromatic ring is 1. The van der Waals surface area contributed by atoms with Gasteiger partial charge in [0.15, 0.2) is 18.1 Å². The number of nitrogens with two attached hydrogens (primary N) is 1. The van der Waals surface area contributed by atoms with Gasteiger partial charge in [-0.1, -0.05) is 29.3 Å². The number of methoxy groups -OCH3 is 1. The molecule has 0 atom stereocenters. The van der Waals surface area contributed by atoms with E-state index in [1.807, 2.05) is 31.2 Å². The number of benzene rings is 2. The van der Waals surface area contributed by atoms with Crippen LogP contribution in [0.2, 0.25) is 5.02 Å². The second-order valence-electron chi connectivity index (χ2n) is 7.24. The Morgan fingerprint density at radius 1 is 1.15 bits per heavy atom. The summed E-state index contributed by atoms with van der Waals surface area (Å²) in [5.41, 5.74) is 8.02. The largest absolute Gasteiger partial charge is 0.493 e. The number of nitrogens with zero attached hydrogens (tertiary/aromatic N) is 2. The molecule has 3 aromatic rings. The Kier molecular flexibility index (Phi) is 8.66. The molecule has 1 aromatic heterocycles. The van der Waals surface area contributed by atoms with Crippen molar-refractivity contribution in [2.24, 2.45) is 0 Å². The van der Waals surface area contributed by atoms with Crippen molar-refractivity contribution in [2.45, 2.75) is 13.5 Å². The van der Waals surface area contributed by atoms with E-state index in [2.05, 4.69) is 30.9 Å². The highest BCUT2D eigenvalue weighted by molar-refractivity contribution is 6.32. The summed E-state index contributed by atoms with van der Waals surface area (Å²) < 4.78 is 15.4. The molecule has 11 nitrogen and oxygen atoms in total. The van der Waals surface area contributed by atoms with Gasteiger partial charge in [0.2, 0.25) is 11.5 Å². The van der Waals surface area contributed by atoms with Gasteiger partial charge in [-0.3, -0.25) is 9.59 Å². The fraction of sp³-hybridized carbons (Fsp3) is 0.273. The maximum atomic E-state index is 12.2. The Bertz CT molecular complexity index is 1140. The number of anilines is 2. The van der Waals surface area contributed by atoms with Crippen molar-refractivity contribution < 1.29 is 23.7 Å². The first kappa shape index (κ1) is 24.8. The minimum Gasteiger partial charge on any atom is -0.493 e. The van der Waals surface area contributed by atoms with Gasteiger partial charge in [0.1, 0.15) is 0 Å². The molecule has 0 fully saturated rings. The minimum atomic E-state index is -0.474. The van der Waals surface area contributed by atoms with Crippen molar-refractivity contribution >= 4 is 34.9 Å². The molecule has 0 saturated carbocycles. The summed E-state index contributed by atoms with van der Waals surface area (Å²) in [6.07, 6.45) is 0. The lowest BCUT2D eigenvalue weighted by Crippen LogP contribution is -2.32. The Balaban J connectivity index is 1.47. The van der Waals surface area contributed by atoms with Gasteiger partial charge in [0, 0.05) is 25.3 Å². The van der Waals surface area contributed by atoms with Crippen LogP contribution in [0, 0.1) is 6.92 Å². The molecule has 0 aliphatic rings. The van der Waals surface area contributed by atoms with E-state index in [0.717, 1.165) is 11.1 Å². The topological polar surface area (TPSA) is 154 Å². The number of halogens is 1. The number of amides is 2. The second kappa shape index (κ2) is 11.9. The fourth-order valence-corrected chi connectivity index (χ4v) is 3.21. The molecule has 0 saturated heterocycles. The van der Waals surface area contributed by atoms with Crippen LogP contribution in [-0.2, 0) is 11.3 Å². The monoisotopic (exact) mass is 488 g/mol. The van der Waals surface area contributed by atoms with Crippen LogP contribution in [0.1, 0.15) is 21.6 Å². The number of rotatable bonds is 11. The molecule has 0 bridgehead atoms. The SMILES string of the molecule is COc1cc(CNCCNC(=O)c2nonc2N)cc(Cl)c1OCC(=O)Nc1ccc(C)cc1. The number of aromatic nitrogens is 2. The van der Waals surface area contributed by atoms with Crippen molar-refractivity contribution in [1.29, 1.82) is 0 Å². The molecule has 0 aliphatic carbocycles. The molecule has 2 aromatic carbocycles. The van der Waals surface area contributed by atoms with Crippen LogP contribution >= 0.6 is 11.6 Å². The van der Waals surface area contributed by atoms with Crippen molar-refractivity contribution in [3.8, 4) is 11.5 Å². The first-order valence-electron chi connectivity index (χ1n) is 10.3. The zero-order chi connectivity index (χ0) is 24.5. The van der Waals surface area contributed by atoms with Crippen LogP contribution in [0.4, 0.5) is 11.5 Å². The summed E-state index contributed by atoms with van der Waals surface area (Å²) in [4.78, 5) is 24.1. The van der Waals surface area contributed by atoms with Gasteiger partial charge in [-0.2, -0.15) is 0 Å². The summed E-state index contributed by atoms with van der Waals surface area (Å²) >= 11 is 6.37. The Hall–Kier alpha value is -3.83. The number of nitrogens with one attached hydrogen (secondary N) is 3. The maximum Gasteiger partial charge on any atom is 0.277 e.